The number of ether oxygens (including phenoxy) is 1. The zero-order chi connectivity index (χ0) is 21.5. The highest BCUT2D eigenvalue weighted by Crippen LogP contribution is 2.29. The number of carbonyl (C=O) groups excluding carboxylic acids is 2. The Kier molecular flexibility index (Phi) is 12.9. The van der Waals surface area contributed by atoms with Crippen LogP contribution in [0.1, 0.15) is 66.2 Å². The van der Waals surface area contributed by atoms with Crippen LogP contribution in [0.3, 0.4) is 0 Å². The summed E-state index contributed by atoms with van der Waals surface area (Å²) in [6.45, 7) is 8.21. The summed E-state index contributed by atoms with van der Waals surface area (Å²) >= 11 is 0. The van der Waals surface area contributed by atoms with Gasteiger partial charge in [-0.25, -0.2) is 9.78 Å². The van der Waals surface area contributed by atoms with E-state index in [9.17, 15) is 9.59 Å². The number of nitrogens with one attached hydrogen (secondary N) is 2. The molecule has 164 valence electrons. The number of rotatable bonds is 13. The molecule has 1 aromatic rings. The second-order valence-corrected chi connectivity index (χ2v) is 10.2. The van der Waals surface area contributed by atoms with Crippen LogP contribution >= 0.6 is 21.6 Å². The van der Waals surface area contributed by atoms with Gasteiger partial charge in [0.15, 0.2) is 0 Å². The lowest BCUT2D eigenvalue weighted by Gasteiger charge is -2.23. The summed E-state index contributed by atoms with van der Waals surface area (Å²) < 4.78 is 5.31. The summed E-state index contributed by atoms with van der Waals surface area (Å²) in [6.07, 6.45) is 8.13. The van der Waals surface area contributed by atoms with Crippen LogP contribution in [-0.4, -0.2) is 40.9 Å². The number of nitrogens with zero attached hydrogens (tertiary/aromatic N) is 1. The zero-order valence-corrected chi connectivity index (χ0v) is 19.7. The van der Waals surface area contributed by atoms with Crippen LogP contribution < -0.4 is 10.6 Å². The molecular formula is C21H35N3O3S2. The maximum Gasteiger partial charge on any atom is 0.408 e. The molecule has 0 aliphatic heterocycles. The molecule has 0 fully saturated rings. The lowest BCUT2D eigenvalue weighted by Crippen LogP contribution is -2.49. The van der Waals surface area contributed by atoms with Crippen LogP contribution in [0.2, 0.25) is 0 Å². The van der Waals surface area contributed by atoms with Crippen LogP contribution in [0, 0.1) is 0 Å². The van der Waals surface area contributed by atoms with Crippen molar-refractivity contribution in [3.05, 3.63) is 24.4 Å². The summed E-state index contributed by atoms with van der Waals surface area (Å²) in [5.74, 6) is 0.238. The van der Waals surface area contributed by atoms with Gasteiger partial charge in [-0.15, -0.1) is 0 Å². The number of aromatic nitrogens is 1. The average Bonchev–Trinajstić information content (AvgIpc) is 2.65. The third kappa shape index (κ3) is 13.4. The van der Waals surface area contributed by atoms with Gasteiger partial charge >= 0.3 is 6.09 Å². The molecule has 1 atom stereocenters. The molecule has 2 amide bonds. The fourth-order valence-electron chi connectivity index (χ4n) is 2.43. The monoisotopic (exact) mass is 441 g/mol. The van der Waals surface area contributed by atoms with Gasteiger partial charge in [-0.1, -0.05) is 55.9 Å². The van der Waals surface area contributed by atoms with Crippen molar-refractivity contribution in [3.8, 4) is 0 Å². The second kappa shape index (κ2) is 14.6. The second-order valence-electron chi connectivity index (χ2n) is 7.79. The Morgan fingerprint density at radius 2 is 1.86 bits per heavy atom. The normalized spacial score (nSPS) is 12.3. The van der Waals surface area contributed by atoms with Crippen molar-refractivity contribution >= 4 is 33.6 Å². The molecule has 1 aromatic heterocycles. The lowest BCUT2D eigenvalue weighted by molar-refractivity contribution is -0.122. The Hall–Kier alpha value is -1.41. The lowest BCUT2D eigenvalue weighted by atomic mass is 10.1. The molecule has 1 heterocycles. The smallest absolute Gasteiger partial charge is 0.408 e. The highest BCUT2D eigenvalue weighted by molar-refractivity contribution is 8.76. The summed E-state index contributed by atoms with van der Waals surface area (Å²) in [4.78, 5) is 29.0. The molecule has 0 spiro atoms. The highest BCUT2D eigenvalue weighted by atomic mass is 33.1. The fraction of sp³-hybridized carbons (Fsp3) is 0.667. The summed E-state index contributed by atoms with van der Waals surface area (Å²) in [6, 6.07) is 5.02. The highest BCUT2D eigenvalue weighted by Gasteiger charge is 2.24. The molecule has 0 aliphatic rings. The summed E-state index contributed by atoms with van der Waals surface area (Å²) in [5, 5.41) is 6.51. The minimum absolute atomic E-state index is 0.182. The topological polar surface area (TPSA) is 80.3 Å². The minimum Gasteiger partial charge on any atom is -0.444 e. The summed E-state index contributed by atoms with van der Waals surface area (Å²) in [7, 11) is 2.96. The van der Waals surface area contributed by atoms with E-state index >= 15 is 0 Å². The number of alkyl carbamates (subject to hydrolysis) is 1. The van der Waals surface area contributed by atoms with Gasteiger partial charge in [-0.2, -0.15) is 0 Å². The number of hydrogen-bond acceptors (Lipinski definition) is 6. The fourth-order valence-corrected chi connectivity index (χ4v) is 4.50. The van der Waals surface area contributed by atoms with Gasteiger partial charge < -0.3 is 15.4 Å². The van der Waals surface area contributed by atoms with Gasteiger partial charge in [0, 0.05) is 18.5 Å². The van der Waals surface area contributed by atoms with Gasteiger partial charge in [0.05, 0.1) is 0 Å². The first-order valence-corrected chi connectivity index (χ1v) is 12.6. The number of amides is 2. The molecular weight excluding hydrogens is 406 g/mol. The maximum absolute atomic E-state index is 12.6. The maximum atomic E-state index is 12.6. The van der Waals surface area contributed by atoms with E-state index in [4.69, 9.17) is 4.74 Å². The van der Waals surface area contributed by atoms with Crippen molar-refractivity contribution < 1.29 is 14.3 Å². The third-order valence-electron chi connectivity index (χ3n) is 3.85. The predicted molar refractivity (Wildman–Crippen MR) is 122 cm³/mol. The SMILES string of the molecule is CCCCCCCCNC(=O)C(CSSc1ccccn1)NC(=O)OC(C)(C)C. The summed E-state index contributed by atoms with van der Waals surface area (Å²) in [5.41, 5.74) is -0.612. The van der Waals surface area contributed by atoms with Crippen molar-refractivity contribution in [2.24, 2.45) is 0 Å². The number of carbonyl (C=O) groups is 2. The zero-order valence-electron chi connectivity index (χ0n) is 18.0. The van der Waals surface area contributed by atoms with Crippen molar-refractivity contribution in [3.63, 3.8) is 0 Å². The first-order valence-electron chi connectivity index (χ1n) is 10.3. The molecule has 29 heavy (non-hydrogen) atoms. The van der Waals surface area contributed by atoms with Gasteiger partial charge in [-0.05, 0) is 50.1 Å². The molecule has 8 heteroatoms. The van der Waals surface area contributed by atoms with E-state index in [2.05, 4.69) is 22.5 Å². The Morgan fingerprint density at radius 3 is 2.52 bits per heavy atom. The molecule has 0 radical (unpaired) electrons. The van der Waals surface area contributed by atoms with Crippen molar-refractivity contribution in [1.82, 2.24) is 15.6 Å². The van der Waals surface area contributed by atoms with Gasteiger partial charge in [0.2, 0.25) is 5.91 Å². The Bertz CT molecular complexity index is 595. The van der Waals surface area contributed by atoms with Crippen molar-refractivity contribution in [2.45, 2.75) is 82.9 Å². The quantitative estimate of drug-likeness (QED) is 0.324. The van der Waals surface area contributed by atoms with E-state index in [0.717, 1.165) is 17.9 Å². The molecule has 0 bridgehead atoms. The molecule has 1 rings (SSSR count). The molecule has 0 saturated carbocycles. The van der Waals surface area contributed by atoms with Gasteiger partial charge in [0.1, 0.15) is 16.7 Å². The number of unbranched alkanes of at least 4 members (excludes halogenated alkanes) is 5. The Morgan fingerprint density at radius 1 is 1.14 bits per heavy atom. The minimum atomic E-state index is -0.661. The number of hydrogen-bond donors (Lipinski definition) is 2. The van der Waals surface area contributed by atoms with Gasteiger partial charge in [-0.3, -0.25) is 4.79 Å². The Labute approximate surface area is 183 Å². The first kappa shape index (κ1) is 25.6. The van der Waals surface area contributed by atoms with E-state index in [1.54, 1.807) is 27.0 Å². The van der Waals surface area contributed by atoms with Crippen LogP contribution in [0.5, 0.6) is 0 Å². The van der Waals surface area contributed by atoms with E-state index < -0.39 is 17.7 Å². The van der Waals surface area contributed by atoms with E-state index in [-0.39, 0.29) is 5.91 Å². The molecule has 0 aliphatic carbocycles. The molecule has 0 aromatic carbocycles. The molecule has 2 N–H and O–H groups in total. The standard InChI is InChI=1S/C21H35N3O3S2/c1-5-6-7-8-9-11-15-23-19(25)17(24-20(26)27-21(2,3)4)16-28-29-18-13-10-12-14-22-18/h10,12-14,17H,5-9,11,15-16H2,1-4H3,(H,23,25)(H,24,26). The molecule has 1 unspecified atom stereocenters. The van der Waals surface area contributed by atoms with Crippen LogP contribution in [-0.2, 0) is 9.53 Å². The van der Waals surface area contributed by atoms with Crippen molar-refractivity contribution in [2.75, 3.05) is 12.3 Å². The predicted octanol–water partition coefficient (Wildman–Crippen LogP) is 5.19. The molecule has 6 nitrogen and oxygen atoms in total. The van der Waals surface area contributed by atoms with Crippen LogP contribution in [0.25, 0.3) is 0 Å². The Balaban J connectivity index is 2.47. The van der Waals surface area contributed by atoms with Crippen LogP contribution in [0.4, 0.5) is 4.79 Å². The van der Waals surface area contributed by atoms with Gasteiger partial charge in [0.25, 0.3) is 0 Å². The molecule has 0 saturated heterocycles. The van der Waals surface area contributed by atoms with E-state index in [1.807, 2.05) is 18.2 Å². The van der Waals surface area contributed by atoms with Crippen LogP contribution in [0.15, 0.2) is 29.4 Å². The van der Waals surface area contributed by atoms with E-state index in [0.29, 0.717) is 12.3 Å². The largest absolute Gasteiger partial charge is 0.444 e. The average molecular weight is 442 g/mol. The first-order chi connectivity index (χ1) is 13.8. The number of pyridine rings is 1. The van der Waals surface area contributed by atoms with Crippen molar-refractivity contribution in [1.29, 1.82) is 0 Å². The van der Waals surface area contributed by atoms with E-state index in [1.165, 1.54) is 47.3 Å². The third-order valence-corrected chi connectivity index (χ3v) is 6.13.